The molecule has 4 N–H and O–H groups in total. The van der Waals surface area contributed by atoms with Crippen molar-refractivity contribution in [3.05, 3.63) is 0 Å². The summed E-state index contributed by atoms with van der Waals surface area (Å²) in [5.41, 5.74) is 11.5. The normalized spacial score (nSPS) is 25.4. The number of hydrogen-bond acceptors (Lipinski definition) is 1. The van der Waals surface area contributed by atoms with Gasteiger partial charge in [-0.3, -0.25) is 4.99 Å². The van der Waals surface area contributed by atoms with Crippen LogP contribution in [0.2, 0.25) is 0 Å². The van der Waals surface area contributed by atoms with Crippen LogP contribution in [0.1, 0.15) is 64.2 Å². The highest BCUT2D eigenvalue weighted by Crippen LogP contribution is 2.48. The van der Waals surface area contributed by atoms with Crippen molar-refractivity contribution >= 4 is 5.96 Å². The quantitative estimate of drug-likeness (QED) is 0.585. The lowest BCUT2D eigenvalue weighted by Crippen LogP contribution is -2.38. The largest absolute Gasteiger partial charge is 0.370 e. The molecule has 98 valence electrons. The Morgan fingerprint density at radius 3 is 2.12 bits per heavy atom. The average Bonchev–Trinajstić information content (AvgIpc) is 2.39. The molecule has 0 aromatic heterocycles. The predicted molar refractivity (Wildman–Crippen MR) is 72.8 cm³/mol. The maximum atomic E-state index is 5.53. The molecule has 0 spiro atoms. The number of aliphatic imine (C=N–C) groups is 1. The zero-order valence-electron chi connectivity index (χ0n) is 11.0. The van der Waals surface area contributed by atoms with E-state index in [9.17, 15) is 0 Å². The summed E-state index contributed by atoms with van der Waals surface area (Å²) in [5, 5.41) is 0. The molecule has 0 radical (unpaired) electrons. The van der Waals surface area contributed by atoms with Crippen molar-refractivity contribution in [2.24, 2.45) is 27.8 Å². The van der Waals surface area contributed by atoms with Gasteiger partial charge in [0.25, 0.3) is 0 Å². The van der Waals surface area contributed by atoms with Gasteiger partial charge in [-0.05, 0) is 37.0 Å². The van der Waals surface area contributed by atoms with Gasteiger partial charge in [0.15, 0.2) is 5.96 Å². The number of hydrogen-bond donors (Lipinski definition) is 2. The number of guanidine groups is 1. The number of rotatable bonds is 3. The lowest BCUT2D eigenvalue weighted by Gasteiger charge is -2.44. The molecule has 2 saturated carbocycles. The molecule has 0 heterocycles. The van der Waals surface area contributed by atoms with E-state index in [0.717, 1.165) is 12.5 Å². The van der Waals surface area contributed by atoms with Gasteiger partial charge in [0.1, 0.15) is 0 Å². The van der Waals surface area contributed by atoms with E-state index in [1.54, 1.807) is 0 Å². The summed E-state index contributed by atoms with van der Waals surface area (Å²) >= 11 is 0. The maximum Gasteiger partial charge on any atom is 0.185 e. The van der Waals surface area contributed by atoms with Gasteiger partial charge in [0.05, 0.1) is 0 Å². The van der Waals surface area contributed by atoms with Gasteiger partial charge in [0.2, 0.25) is 0 Å². The highest BCUT2D eigenvalue weighted by molar-refractivity contribution is 5.75. The van der Waals surface area contributed by atoms with Gasteiger partial charge < -0.3 is 11.5 Å². The average molecular weight is 237 g/mol. The van der Waals surface area contributed by atoms with Crippen molar-refractivity contribution in [1.29, 1.82) is 0 Å². The van der Waals surface area contributed by atoms with Crippen molar-refractivity contribution in [1.82, 2.24) is 0 Å². The minimum Gasteiger partial charge on any atom is -0.370 e. The fraction of sp³-hybridized carbons (Fsp3) is 0.929. The molecule has 0 unspecified atom stereocenters. The third kappa shape index (κ3) is 3.14. The SMILES string of the molecule is NC(N)=NCC1(C2CCCCC2)CCCCC1. The second kappa shape index (κ2) is 5.74. The minimum absolute atomic E-state index is 0.269. The Morgan fingerprint density at radius 2 is 1.53 bits per heavy atom. The molecule has 2 fully saturated rings. The van der Waals surface area contributed by atoms with E-state index in [2.05, 4.69) is 4.99 Å². The lowest BCUT2D eigenvalue weighted by atomic mass is 9.62. The summed E-state index contributed by atoms with van der Waals surface area (Å²) in [6, 6.07) is 0. The van der Waals surface area contributed by atoms with Gasteiger partial charge in [0, 0.05) is 6.54 Å². The van der Waals surface area contributed by atoms with Gasteiger partial charge in [-0.15, -0.1) is 0 Å². The van der Waals surface area contributed by atoms with Crippen LogP contribution in [0.4, 0.5) is 0 Å². The van der Waals surface area contributed by atoms with Crippen LogP contribution in [0, 0.1) is 11.3 Å². The zero-order valence-corrected chi connectivity index (χ0v) is 11.0. The molecule has 0 aromatic rings. The molecular weight excluding hydrogens is 210 g/mol. The predicted octanol–water partition coefficient (Wildman–Crippen LogP) is 2.79. The third-order valence-electron chi connectivity index (χ3n) is 4.90. The van der Waals surface area contributed by atoms with Crippen LogP contribution in [0.15, 0.2) is 4.99 Å². The zero-order chi connectivity index (χ0) is 12.1. The first-order valence-electron chi connectivity index (χ1n) is 7.28. The van der Waals surface area contributed by atoms with Crippen molar-refractivity contribution < 1.29 is 0 Å². The first kappa shape index (κ1) is 12.7. The number of nitrogens with zero attached hydrogens (tertiary/aromatic N) is 1. The standard InChI is InChI=1S/C14H27N3/c15-13(16)17-11-14(9-5-2-6-10-14)12-7-3-1-4-8-12/h12H,1-11H2,(H4,15,16,17). The summed E-state index contributed by atoms with van der Waals surface area (Å²) in [4.78, 5) is 4.37. The lowest BCUT2D eigenvalue weighted by molar-refractivity contribution is 0.0767. The van der Waals surface area contributed by atoms with Gasteiger partial charge >= 0.3 is 0 Å². The summed E-state index contributed by atoms with van der Waals surface area (Å²) in [5.74, 6) is 1.14. The van der Waals surface area contributed by atoms with E-state index in [-0.39, 0.29) is 5.96 Å². The highest BCUT2D eigenvalue weighted by Gasteiger charge is 2.39. The van der Waals surface area contributed by atoms with Crippen LogP contribution >= 0.6 is 0 Å². The minimum atomic E-state index is 0.269. The summed E-state index contributed by atoms with van der Waals surface area (Å²) in [6.07, 6.45) is 13.9. The summed E-state index contributed by atoms with van der Waals surface area (Å²) in [6.45, 7) is 0.875. The van der Waals surface area contributed by atoms with E-state index in [1.165, 1.54) is 64.2 Å². The molecular formula is C14H27N3. The van der Waals surface area contributed by atoms with Gasteiger partial charge in [-0.2, -0.15) is 0 Å². The molecule has 0 aromatic carbocycles. The Morgan fingerprint density at radius 1 is 0.941 bits per heavy atom. The molecule has 0 saturated heterocycles. The van der Waals surface area contributed by atoms with Crippen LogP contribution in [-0.4, -0.2) is 12.5 Å². The Kier molecular flexibility index (Phi) is 4.30. The maximum absolute atomic E-state index is 5.53. The fourth-order valence-electron chi connectivity index (χ4n) is 3.92. The molecule has 2 aliphatic rings. The van der Waals surface area contributed by atoms with Crippen molar-refractivity contribution in [2.75, 3.05) is 6.54 Å². The van der Waals surface area contributed by atoms with E-state index in [1.807, 2.05) is 0 Å². The first-order valence-corrected chi connectivity index (χ1v) is 7.28. The second-order valence-electron chi connectivity index (χ2n) is 6.00. The highest BCUT2D eigenvalue weighted by atomic mass is 15.0. The van der Waals surface area contributed by atoms with Crippen LogP contribution in [0.25, 0.3) is 0 Å². The van der Waals surface area contributed by atoms with Crippen LogP contribution in [0.5, 0.6) is 0 Å². The summed E-state index contributed by atoms with van der Waals surface area (Å²) in [7, 11) is 0. The third-order valence-corrected chi connectivity index (χ3v) is 4.90. The van der Waals surface area contributed by atoms with Crippen molar-refractivity contribution in [2.45, 2.75) is 64.2 Å². The van der Waals surface area contributed by atoms with E-state index >= 15 is 0 Å². The van der Waals surface area contributed by atoms with E-state index < -0.39 is 0 Å². The second-order valence-corrected chi connectivity index (χ2v) is 6.00. The fourth-order valence-corrected chi connectivity index (χ4v) is 3.92. The Hall–Kier alpha value is -0.730. The van der Waals surface area contributed by atoms with Crippen molar-refractivity contribution in [3.8, 4) is 0 Å². The van der Waals surface area contributed by atoms with Crippen LogP contribution in [0.3, 0.4) is 0 Å². The molecule has 0 atom stereocenters. The molecule has 2 rings (SSSR count). The van der Waals surface area contributed by atoms with E-state index in [0.29, 0.717) is 5.41 Å². The smallest absolute Gasteiger partial charge is 0.185 e. The first-order chi connectivity index (χ1) is 8.23. The Labute approximate surface area is 105 Å². The van der Waals surface area contributed by atoms with Crippen LogP contribution < -0.4 is 11.5 Å². The molecule has 17 heavy (non-hydrogen) atoms. The van der Waals surface area contributed by atoms with E-state index in [4.69, 9.17) is 11.5 Å². The molecule has 3 nitrogen and oxygen atoms in total. The number of nitrogens with two attached hydrogens (primary N) is 2. The molecule has 0 aliphatic heterocycles. The van der Waals surface area contributed by atoms with Crippen molar-refractivity contribution in [3.63, 3.8) is 0 Å². The Bertz CT molecular complexity index is 257. The van der Waals surface area contributed by atoms with Gasteiger partial charge in [-0.1, -0.05) is 38.5 Å². The Balaban J connectivity index is 2.07. The van der Waals surface area contributed by atoms with Gasteiger partial charge in [-0.25, -0.2) is 0 Å². The monoisotopic (exact) mass is 237 g/mol. The molecule has 0 amide bonds. The topological polar surface area (TPSA) is 64.4 Å². The molecule has 0 bridgehead atoms. The molecule has 3 heteroatoms. The van der Waals surface area contributed by atoms with Crippen LogP contribution in [-0.2, 0) is 0 Å². The summed E-state index contributed by atoms with van der Waals surface area (Å²) < 4.78 is 0. The molecule has 2 aliphatic carbocycles.